The zero-order chi connectivity index (χ0) is 11.5. The maximum absolute atomic E-state index is 4.78. The monoisotopic (exact) mass is 219 g/mol. The summed E-state index contributed by atoms with van der Waals surface area (Å²) in [7, 11) is 3.37. The van der Waals surface area contributed by atoms with Crippen molar-refractivity contribution in [2.75, 3.05) is 6.61 Å². The molecule has 1 aromatic rings. The van der Waals surface area contributed by atoms with Crippen molar-refractivity contribution in [1.29, 1.82) is 0 Å². The summed E-state index contributed by atoms with van der Waals surface area (Å²) in [5.41, 5.74) is 1.47. The largest absolute Gasteiger partial charge is 0.379 e. The molecule has 0 aliphatic carbocycles. The van der Waals surface area contributed by atoms with Crippen molar-refractivity contribution in [1.82, 2.24) is 0 Å². The topological polar surface area (TPSA) is 9.23 Å². The summed E-state index contributed by atoms with van der Waals surface area (Å²) in [6.45, 7) is 0.810. The van der Waals surface area contributed by atoms with Gasteiger partial charge >= 0.3 is 0 Å². The van der Waals surface area contributed by atoms with E-state index in [1.807, 2.05) is 0 Å². The minimum absolute atomic E-state index is 0.810. The molecule has 0 N–H and O–H groups in total. The van der Waals surface area contributed by atoms with Gasteiger partial charge in [-0.3, -0.25) is 0 Å². The third kappa shape index (κ3) is 6.62. The highest BCUT2D eigenvalue weighted by Crippen LogP contribution is 2.09. The van der Waals surface area contributed by atoms with Gasteiger partial charge in [-0.2, -0.15) is 0 Å². The molecule has 0 aliphatic rings. The first-order chi connectivity index (χ1) is 7.93. The molecule has 1 nitrogen and oxygen atoms in total. The number of unbranched alkanes of at least 4 members (excludes halogenated alkanes) is 5. The minimum Gasteiger partial charge on any atom is -0.379 e. The first-order valence-corrected chi connectivity index (χ1v) is 6.34. The van der Waals surface area contributed by atoms with E-state index in [1.165, 1.54) is 44.1 Å². The lowest BCUT2D eigenvalue weighted by atomic mass is 10.1. The fourth-order valence-corrected chi connectivity index (χ4v) is 1.89. The summed E-state index contributed by atoms with van der Waals surface area (Å²) in [4.78, 5) is 0. The smallest absolute Gasteiger partial charge is 0.0700 e. The molecular formula is C15H23O. The third-order valence-corrected chi connectivity index (χ3v) is 2.85. The molecule has 0 unspecified atom stereocenters. The van der Waals surface area contributed by atoms with Gasteiger partial charge in [0.2, 0.25) is 0 Å². The van der Waals surface area contributed by atoms with Gasteiger partial charge in [0.1, 0.15) is 0 Å². The zero-order valence-electron chi connectivity index (χ0n) is 10.2. The van der Waals surface area contributed by atoms with Gasteiger partial charge in [-0.1, -0.05) is 56.0 Å². The maximum atomic E-state index is 4.78. The SMILES string of the molecule is [CH2]OCCCCCCCCc1ccccc1. The third-order valence-electron chi connectivity index (χ3n) is 2.85. The normalized spacial score (nSPS) is 10.6. The Labute approximate surface area is 99.8 Å². The number of ether oxygens (including phenoxy) is 1. The van der Waals surface area contributed by atoms with Crippen LogP contribution in [0.2, 0.25) is 0 Å². The Hall–Kier alpha value is -0.820. The van der Waals surface area contributed by atoms with Gasteiger partial charge in [-0.05, 0) is 24.8 Å². The Morgan fingerprint density at radius 2 is 1.44 bits per heavy atom. The highest BCUT2D eigenvalue weighted by molar-refractivity contribution is 5.14. The van der Waals surface area contributed by atoms with Gasteiger partial charge in [-0.25, -0.2) is 0 Å². The number of hydrogen-bond donors (Lipinski definition) is 0. The molecule has 1 rings (SSSR count). The van der Waals surface area contributed by atoms with Crippen LogP contribution >= 0.6 is 0 Å². The lowest BCUT2D eigenvalue weighted by Gasteiger charge is -2.02. The Bertz CT molecular complexity index is 243. The standard InChI is InChI=1S/C15H23O/c1-16-14-10-5-3-2-4-7-11-15-12-8-6-9-13-15/h6,8-9,12-13H,1-5,7,10-11,14H2. The summed E-state index contributed by atoms with van der Waals surface area (Å²) in [5, 5.41) is 0. The van der Waals surface area contributed by atoms with Crippen LogP contribution in [-0.2, 0) is 11.2 Å². The van der Waals surface area contributed by atoms with Crippen LogP contribution in [0.3, 0.4) is 0 Å². The van der Waals surface area contributed by atoms with Crippen molar-refractivity contribution in [2.45, 2.75) is 44.9 Å². The van der Waals surface area contributed by atoms with E-state index in [0.29, 0.717) is 0 Å². The van der Waals surface area contributed by atoms with E-state index in [1.54, 1.807) is 0 Å². The van der Waals surface area contributed by atoms with Gasteiger partial charge in [0.05, 0.1) is 7.11 Å². The van der Waals surface area contributed by atoms with Crippen LogP contribution < -0.4 is 0 Å². The molecule has 1 heteroatoms. The van der Waals surface area contributed by atoms with Gasteiger partial charge < -0.3 is 4.74 Å². The molecule has 0 saturated carbocycles. The summed E-state index contributed by atoms with van der Waals surface area (Å²) >= 11 is 0. The van der Waals surface area contributed by atoms with Gasteiger partial charge in [0, 0.05) is 6.61 Å². The van der Waals surface area contributed by atoms with Crippen LogP contribution in [0.5, 0.6) is 0 Å². The molecule has 16 heavy (non-hydrogen) atoms. The molecule has 0 saturated heterocycles. The average Bonchev–Trinajstić information content (AvgIpc) is 2.34. The number of hydrogen-bond acceptors (Lipinski definition) is 1. The van der Waals surface area contributed by atoms with Crippen LogP contribution in [0.1, 0.15) is 44.1 Å². The lowest BCUT2D eigenvalue weighted by molar-refractivity contribution is 0.233. The van der Waals surface area contributed by atoms with E-state index in [2.05, 4.69) is 37.4 Å². The quantitative estimate of drug-likeness (QED) is 0.560. The minimum atomic E-state index is 0.810. The second kappa shape index (κ2) is 9.41. The fourth-order valence-electron chi connectivity index (χ4n) is 1.89. The van der Waals surface area contributed by atoms with E-state index < -0.39 is 0 Å². The molecule has 89 valence electrons. The van der Waals surface area contributed by atoms with E-state index in [-0.39, 0.29) is 0 Å². The van der Waals surface area contributed by atoms with E-state index in [9.17, 15) is 0 Å². The molecule has 1 radical (unpaired) electrons. The lowest BCUT2D eigenvalue weighted by Crippen LogP contribution is -1.88. The Kier molecular flexibility index (Phi) is 7.79. The molecule has 1 aromatic carbocycles. The Morgan fingerprint density at radius 1 is 0.812 bits per heavy atom. The van der Waals surface area contributed by atoms with Crippen LogP contribution in [0, 0.1) is 7.11 Å². The summed E-state index contributed by atoms with van der Waals surface area (Å²) in [5.74, 6) is 0. The second-order valence-electron chi connectivity index (χ2n) is 4.27. The van der Waals surface area contributed by atoms with Crippen molar-refractivity contribution in [2.24, 2.45) is 0 Å². The molecule has 0 aromatic heterocycles. The van der Waals surface area contributed by atoms with Crippen molar-refractivity contribution < 1.29 is 4.74 Å². The zero-order valence-corrected chi connectivity index (χ0v) is 10.2. The molecular weight excluding hydrogens is 196 g/mol. The predicted molar refractivity (Wildman–Crippen MR) is 69.2 cm³/mol. The Morgan fingerprint density at radius 3 is 2.12 bits per heavy atom. The highest BCUT2D eigenvalue weighted by Gasteiger charge is 1.93. The van der Waals surface area contributed by atoms with Crippen molar-refractivity contribution in [3.8, 4) is 0 Å². The molecule has 0 atom stereocenters. The molecule has 0 heterocycles. The first kappa shape index (κ1) is 13.2. The molecule has 0 aliphatic heterocycles. The van der Waals surface area contributed by atoms with Crippen molar-refractivity contribution in [3.63, 3.8) is 0 Å². The van der Waals surface area contributed by atoms with Crippen molar-refractivity contribution >= 4 is 0 Å². The second-order valence-corrected chi connectivity index (χ2v) is 4.27. The summed E-state index contributed by atoms with van der Waals surface area (Å²) in [6, 6.07) is 10.7. The van der Waals surface area contributed by atoms with E-state index >= 15 is 0 Å². The maximum Gasteiger partial charge on any atom is 0.0700 e. The molecule has 0 fully saturated rings. The van der Waals surface area contributed by atoms with Gasteiger partial charge in [0.25, 0.3) is 0 Å². The van der Waals surface area contributed by atoms with E-state index in [0.717, 1.165) is 13.0 Å². The van der Waals surface area contributed by atoms with E-state index in [4.69, 9.17) is 4.74 Å². The molecule has 0 spiro atoms. The van der Waals surface area contributed by atoms with Crippen molar-refractivity contribution in [3.05, 3.63) is 43.0 Å². The summed E-state index contributed by atoms with van der Waals surface area (Å²) in [6.07, 6.45) is 9.00. The average molecular weight is 219 g/mol. The first-order valence-electron chi connectivity index (χ1n) is 6.34. The summed E-state index contributed by atoms with van der Waals surface area (Å²) < 4.78 is 4.78. The van der Waals surface area contributed by atoms with Crippen LogP contribution in [0.25, 0.3) is 0 Å². The Balaban J connectivity index is 1.89. The fraction of sp³-hybridized carbons (Fsp3) is 0.533. The molecule has 0 amide bonds. The number of aryl methyl sites for hydroxylation is 1. The van der Waals surface area contributed by atoms with Crippen LogP contribution in [0.15, 0.2) is 30.3 Å². The number of rotatable bonds is 9. The highest BCUT2D eigenvalue weighted by atomic mass is 16.5. The predicted octanol–water partition coefficient (Wildman–Crippen LogP) is 4.38. The molecule has 0 bridgehead atoms. The van der Waals surface area contributed by atoms with Gasteiger partial charge in [-0.15, -0.1) is 0 Å². The van der Waals surface area contributed by atoms with Gasteiger partial charge in [0.15, 0.2) is 0 Å². The van der Waals surface area contributed by atoms with Crippen LogP contribution in [0.4, 0.5) is 0 Å². The van der Waals surface area contributed by atoms with Crippen LogP contribution in [-0.4, -0.2) is 6.61 Å². The number of benzene rings is 1.